The number of azide groups is 1. The second kappa shape index (κ2) is 47.7. The number of nitrogens with two attached hydrogens (primary N) is 1. The largest absolute Gasteiger partial charge is 1.00 e. The molecule has 0 saturated carbocycles. The van der Waals surface area contributed by atoms with Gasteiger partial charge in [0.25, 0.3) is 62.3 Å². The number of aryl methyl sites for hydroxylation is 4. The van der Waals surface area contributed by atoms with E-state index >= 15 is 0 Å². The van der Waals surface area contributed by atoms with Crippen LogP contribution in [0.15, 0.2) is 181 Å². The van der Waals surface area contributed by atoms with E-state index in [0.29, 0.717) is 70.1 Å². The third-order valence-corrected chi connectivity index (χ3v) is 28.8. The van der Waals surface area contributed by atoms with Gasteiger partial charge in [-0.25, -0.2) is 35.6 Å². The van der Waals surface area contributed by atoms with Crippen LogP contribution in [0.2, 0.25) is 0 Å². The molecule has 8 aromatic heterocycles. The Morgan fingerprint density at radius 2 is 0.716 bits per heavy atom. The number of hydrogen-bond donors (Lipinski definition) is 10. The number of rotatable bonds is 23. The Hall–Kier alpha value is -12.1. The fraction of sp³-hybridized carbons (Fsp3) is 0.300. The predicted molar refractivity (Wildman–Crippen MR) is 547 cm³/mol. The van der Waals surface area contributed by atoms with Crippen molar-refractivity contribution < 1.29 is 100 Å². The zero-order valence-corrected chi connectivity index (χ0v) is 87.7. The number of nitrogen functional groups attached to an aromatic ring is 1. The molecule has 48 nitrogen and oxygen atoms in total. The van der Waals surface area contributed by atoms with Crippen LogP contribution in [0.25, 0.3) is 68.7 Å². The Morgan fingerprint density at radius 3 is 0.986 bits per heavy atom. The van der Waals surface area contributed by atoms with Gasteiger partial charge in [0.1, 0.15) is 64.6 Å². The second-order valence-electron chi connectivity index (χ2n) is 31.4. The molecule has 0 radical (unpaired) electrons. The van der Waals surface area contributed by atoms with Gasteiger partial charge in [-0.05, 0) is 144 Å². The number of sulfonamides is 5. The molecular weight excluding hydrogens is 2180 g/mol. The Balaban J connectivity index is 0.000000223. The number of amidine groups is 4. The van der Waals surface area contributed by atoms with E-state index in [9.17, 15) is 90.1 Å². The molecule has 141 heavy (non-hydrogen) atoms. The monoisotopic (exact) mass is 2270 g/mol. The summed E-state index contributed by atoms with van der Waals surface area (Å²) >= 11 is 6.90. The maximum atomic E-state index is 13.3. The first-order valence-corrected chi connectivity index (χ1v) is 55.1. The Labute approximate surface area is 863 Å². The molecule has 0 fully saturated rings. The first-order valence-electron chi connectivity index (χ1n) is 40.1. The number of halogens is 2. The van der Waals surface area contributed by atoms with Gasteiger partial charge < -0.3 is 58.5 Å². The summed E-state index contributed by atoms with van der Waals surface area (Å²) in [6.45, 7) is 17.1. The molecule has 0 saturated heterocycles. The summed E-state index contributed by atoms with van der Waals surface area (Å²) in [6.07, 6.45) is 10.5. The second-order valence-corrected chi connectivity index (χ2v) is 47.3. The Bertz CT molecular complexity index is 7740. The first-order chi connectivity index (χ1) is 64.8. The quantitative estimate of drug-likeness (QED) is 0.00541. The van der Waals surface area contributed by atoms with E-state index < -0.39 is 104 Å². The maximum Gasteiger partial charge on any atom is 1.00 e. The summed E-state index contributed by atoms with van der Waals surface area (Å²) < 4.78 is 167. The first kappa shape index (κ1) is 114. The van der Waals surface area contributed by atoms with Gasteiger partial charge in [-0.3, -0.25) is 48.7 Å². The molecule has 61 heteroatoms. The van der Waals surface area contributed by atoms with E-state index in [1.165, 1.54) is 148 Å². The maximum absolute atomic E-state index is 13.3. The number of thiazole rings is 4. The van der Waals surface area contributed by atoms with Gasteiger partial charge in [0, 0.05) is 87.2 Å². The standard InChI is InChI=1S/C20H22N6O6S3.C19H18IN5O4S2.C19H18N8O4S2.C19H20N6O4S2.CH3ClO2S.2CH4.N3.Na/c1-11(2)6-7-26-20(28)16(18(27)17(23-26)14-9-21-10-33-14)19-22-13-5-4-12(24-34(3,29)30)8-15(13)35(31,32)25-19;1-10(2)5-6-25-19(27)15(17(26)16(23-25)13-8-21-9-30-13)18-22-12-4-3-11(20)7-14(12)31(28,29)24-18;1-10(2)5-6-27-19(29)15(17(28)16(24-27)13-8-21-9-32-13)18-22-12-4-3-11(23-26-20)7-14(12)33(30,31)25-18;1-10(2)5-6-25-19(27)15(17(26)16(23-25)13-8-21-9-30-13)18-22-12-4-3-11(20)7-14(12)31(28,29)24-18;1-5(2,3)4;;;1-3-2;/h4-5,8-11,24,27H,6-7H2,1-3H3,(H,22,25);3-4,7-10,26H,5-6H2,1-2H3,(H,22,24);3-4,7-10,28H,5-6H2,1-2H3,(H,22,25);3-4,7-10,26H,5-6,20H2,1-2H3,(H,22,24);1H3;2*1H4;;/q;;;;;;;-1;+1. The van der Waals surface area contributed by atoms with E-state index in [0.717, 1.165) is 22.1 Å². The molecule has 0 aliphatic carbocycles. The van der Waals surface area contributed by atoms with Gasteiger partial charge in [0.05, 0.1) is 76.8 Å². The third-order valence-electron chi connectivity index (χ3n) is 19.1. The van der Waals surface area contributed by atoms with Crippen LogP contribution >= 0.6 is 78.6 Å². The van der Waals surface area contributed by atoms with Crippen LogP contribution in [0.5, 0.6) is 23.0 Å². The molecule has 0 amide bonds. The van der Waals surface area contributed by atoms with Crippen LogP contribution in [0.1, 0.15) is 118 Å². The van der Waals surface area contributed by atoms with Crippen molar-refractivity contribution in [2.45, 2.75) is 142 Å². The van der Waals surface area contributed by atoms with Crippen molar-refractivity contribution >= 4 is 201 Å². The van der Waals surface area contributed by atoms with Crippen molar-refractivity contribution in [2.75, 3.05) is 44.2 Å². The van der Waals surface area contributed by atoms with E-state index in [-0.39, 0.29) is 197 Å². The van der Waals surface area contributed by atoms with E-state index in [1.54, 1.807) is 34.2 Å². The fourth-order valence-electron chi connectivity index (χ4n) is 12.7. The van der Waals surface area contributed by atoms with Crippen molar-refractivity contribution in [2.24, 2.45) is 46.4 Å². The normalized spacial score (nSPS) is 14.0. The molecule has 0 spiro atoms. The minimum absolute atomic E-state index is 0. The number of benzene rings is 4. The molecule has 11 N–H and O–H groups in total. The van der Waals surface area contributed by atoms with E-state index in [2.05, 4.69) is 105 Å². The number of hydrogen-bond acceptors (Lipinski definition) is 38. The van der Waals surface area contributed by atoms with Gasteiger partial charge in [0.2, 0.25) is 19.1 Å². The van der Waals surface area contributed by atoms with Crippen molar-refractivity contribution in [3.63, 3.8) is 0 Å². The number of nitrogens with zero attached hydrogens (tertiary/aromatic N) is 22. The Kier molecular flexibility index (Phi) is 38.6. The number of aromatic nitrogens is 12. The van der Waals surface area contributed by atoms with Crippen LogP contribution in [-0.4, -0.2) is 166 Å². The van der Waals surface area contributed by atoms with Crippen molar-refractivity contribution in [3.05, 3.63) is 213 Å². The van der Waals surface area contributed by atoms with Crippen LogP contribution in [-0.2, 0) is 85.3 Å². The van der Waals surface area contributed by atoms with Crippen LogP contribution < -0.4 is 83.5 Å². The van der Waals surface area contributed by atoms with Crippen molar-refractivity contribution in [1.82, 2.24) is 59.1 Å². The Morgan fingerprint density at radius 1 is 0.454 bits per heavy atom. The smallest absolute Gasteiger partial charge is 0.505 e. The summed E-state index contributed by atoms with van der Waals surface area (Å²) in [5.74, 6) is -1.96. The van der Waals surface area contributed by atoms with Gasteiger partial charge in [0.15, 0.2) is 46.3 Å². The minimum atomic E-state index is -4.35. The molecule has 12 aromatic rings. The molecule has 0 atom stereocenters. The molecule has 744 valence electrons. The zero-order valence-electron chi connectivity index (χ0n) is 74.6. The predicted octanol–water partition coefficient (Wildman–Crippen LogP) is 10.5. The molecule has 16 rings (SSSR count). The number of nitrogens with one attached hydrogen (secondary N) is 5. The van der Waals surface area contributed by atoms with Gasteiger partial charge >= 0.3 is 29.6 Å². The fourth-order valence-corrected chi connectivity index (χ4v) is 20.9. The third kappa shape index (κ3) is 28.3. The molecule has 0 bridgehead atoms. The van der Waals surface area contributed by atoms with Gasteiger partial charge in [-0.1, -0.05) is 81.4 Å². The van der Waals surface area contributed by atoms with E-state index in [1.807, 2.05) is 78.0 Å². The van der Waals surface area contributed by atoms with Crippen LogP contribution in [0.3, 0.4) is 0 Å². The van der Waals surface area contributed by atoms with Crippen molar-refractivity contribution in [1.29, 1.82) is 0 Å². The molecule has 4 aliphatic rings. The summed E-state index contributed by atoms with van der Waals surface area (Å²) in [5.41, 5.74) is 31.7. The summed E-state index contributed by atoms with van der Waals surface area (Å²) in [7, 11) is -19.2. The average molecular weight is 2270 g/mol. The molecular formula is C80H89ClIN28NaO20S10. The van der Waals surface area contributed by atoms with Crippen LogP contribution in [0, 0.1) is 27.2 Å². The van der Waals surface area contributed by atoms with Crippen molar-refractivity contribution in [3.8, 4) is 65.3 Å². The summed E-state index contributed by atoms with van der Waals surface area (Å²) in [4.78, 5) is 74.5. The summed E-state index contributed by atoms with van der Waals surface area (Å²) in [5, 5.41) is 75.8. The number of anilines is 6. The minimum Gasteiger partial charge on any atom is -0.505 e. The summed E-state index contributed by atoms with van der Waals surface area (Å²) in [6, 6.07) is 16.9. The molecule has 12 heterocycles. The van der Waals surface area contributed by atoms with Gasteiger partial charge in [-0.2, -0.15) is 54.1 Å². The molecule has 0 unspecified atom stereocenters. The van der Waals surface area contributed by atoms with Gasteiger partial charge in [-0.15, -0.1) is 62.9 Å². The molecule has 4 aromatic carbocycles. The topological polar surface area (TPSA) is 720 Å². The average Bonchev–Trinajstić information content (AvgIpc) is 1.37. The SMILES string of the molecule is C.C.CC(C)CCn1nc(-c2cncs2)c(O)c(C2=NS(=O)(=O)c3cc(I)ccc3N2)c1=O.CC(C)CCn1nc(-c2cncs2)c(O)c(C2=NS(=O)(=O)c3cc(N)ccc3N2)c1=O.CC(C)CCn1nc(-c2cncs2)c(O)c(C2=NS(=O)(=O)c3cc(N=[N+]=[N-])ccc3N2)c1=O.CC(C)CCn1nc(-c2cncs2)c(O)c(C2=NS(=O)(=O)c3cc(NS(C)(=O)=O)ccc3N2)c1=O.CS(=O)(=O)Cl.[N-]=[N+]=[N-].[Na+]. The van der Waals surface area contributed by atoms with E-state index in [4.69, 9.17) is 22.3 Å². The number of aromatic hydroxyl groups is 4. The molecule has 4 aliphatic heterocycles. The zero-order chi connectivity index (χ0) is 101. The number of fused-ring (bicyclic) bond motifs is 4. The van der Waals surface area contributed by atoms with Crippen LogP contribution in [0.4, 0.5) is 39.8 Å².